The molecular weight excluding hydrogens is 282 g/mol. The van der Waals surface area contributed by atoms with Crippen LogP contribution in [0, 0.1) is 10.1 Å². The number of sulfonamides is 1. The molecule has 0 amide bonds. The van der Waals surface area contributed by atoms with E-state index in [1.54, 1.807) is 0 Å². The highest BCUT2D eigenvalue weighted by molar-refractivity contribution is 7.90. The SMILES string of the molecule is CN(C)/C(Cl)=N/S(=O)(=O)c1cccc([N+](=O)[O-])c1. The van der Waals surface area contributed by atoms with Crippen molar-refractivity contribution in [1.82, 2.24) is 4.90 Å². The van der Waals surface area contributed by atoms with E-state index in [9.17, 15) is 18.5 Å². The molecule has 0 aromatic heterocycles. The number of non-ortho nitro benzene ring substituents is 1. The van der Waals surface area contributed by atoms with Crippen molar-refractivity contribution in [2.45, 2.75) is 4.90 Å². The zero-order valence-electron chi connectivity index (χ0n) is 9.57. The van der Waals surface area contributed by atoms with Crippen molar-refractivity contribution in [3.05, 3.63) is 34.4 Å². The standard InChI is InChI=1S/C9H10ClN3O4S/c1-12(2)9(10)11-18(16,17)8-5-3-4-7(6-8)13(14)15/h3-6H,1-2H3/b11-9+. The van der Waals surface area contributed by atoms with E-state index in [0.29, 0.717) is 0 Å². The van der Waals surface area contributed by atoms with Gasteiger partial charge in [-0.3, -0.25) is 10.1 Å². The van der Waals surface area contributed by atoms with E-state index in [1.807, 2.05) is 0 Å². The summed E-state index contributed by atoms with van der Waals surface area (Å²) in [6.45, 7) is 0. The van der Waals surface area contributed by atoms with Gasteiger partial charge in [-0.05, 0) is 17.7 Å². The minimum absolute atomic E-state index is 0.235. The number of halogens is 1. The number of rotatable bonds is 3. The quantitative estimate of drug-likeness (QED) is 0.276. The molecular formula is C9H10ClN3O4S. The fraction of sp³-hybridized carbons (Fsp3) is 0.222. The molecule has 0 radical (unpaired) electrons. The van der Waals surface area contributed by atoms with Gasteiger partial charge in [-0.2, -0.15) is 8.42 Å². The van der Waals surface area contributed by atoms with Crippen LogP contribution in [0.15, 0.2) is 33.6 Å². The van der Waals surface area contributed by atoms with E-state index < -0.39 is 14.9 Å². The molecule has 1 aromatic carbocycles. The van der Waals surface area contributed by atoms with Crippen LogP contribution in [-0.4, -0.2) is 37.6 Å². The van der Waals surface area contributed by atoms with Crippen LogP contribution < -0.4 is 0 Å². The van der Waals surface area contributed by atoms with Crippen molar-refractivity contribution < 1.29 is 13.3 Å². The van der Waals surface area contributed by atoms with E-state index in [-0.39, 0.29) is 15.9 Å². The smallest absolute Gasteiger partial charge is 0.285 e. The van der Waals surface area contributed by atoms with E-state index in [1.165, 1.54) is 37.2 Å². The molecule has 0 aliphatic rings. The first-order valence-corrected chi connectivity index (χ1v) is 6.48. The van der Waals surface area contributed by atoms with Gasteiger partial charge >= 0.3 is 0 Å². The molecule has 18 heavy (non-hydrogen) atoms. The molecule has 0 atom stereocenters. The maximum Gasteiger partial charge on any atom is 0.285 e. The highest BCUT2D eigenvalue weighted by atomic mass is 35.5. The molecule has 1 rings (SSSR count). The fourth-order valence-electron chi connectivity index (χ4n) is 0.991. The van der Waals surface area contributed by atoms with E-state index >= 15 is 0 Å². The molecule has 0 spiro atoms. The van der Waals surface area contributed by atoms with Gasteiger partial charge in [0, 0.05) is 26.2 Å². The molecule has 0 saturated heterocycles. The number of nitro groups is 1. The van der Waals surface area contributed by atoms with Crippen molar-refractivity contribution in [2.75, 3.05) is 14.1 Å². The van der Waals surface area contributed by atoms with Gasteiger partial charge < -0.3 is 4.90 Å². The molecule has 1 aromatic rings. The number of nitro benzene ring substituents is 1. The largest absolute Gasteiger partial charge is 0.352 e. The summed E-state index contributed by atoms with van der Waals surface area (Å²) in [6, 6.07) is 4.60. The predicted molar refractivity (Wildman–Crippen MR) is 67.3 cm³/mol. The van der Waals surface area contributed by atoms with Crippen LogP contribution >= 0.6 is 11.6 Å². The van der Waals surface area contributed by atoms with Crippen LogP contribution in [0.25, 0.3) is 0 Å². The Morgan fingerprint density at radius 1 is 1.44 bits per heavy atom. The third-order valence-electron chi connectivity index (χ3n) is 1.89. The molecule has 9 heteroatoms. The first-order valence-electron chi connectivity index (χ1n) is 4.66. The highest BCUT2D eigenvalue weighted by Crippen LogP contribution is 2.19. The highest BCUT2D eigenvalue weighted by Gasteiger charge is 2.18. The monoisotopic (exact) mass is 291 g/mol. The lowest BCUT2D eigenvalue weighted by Gasteiger charge is -2.08. The molecule has 0 fully saturated rings. The van der Waals surface area contributed by atoms with Crippen molar-refractivity contribution >= 4 is 32.6 Å². The Balaban J connectivity index is 3.25. The summed E-state index contributed by atoms with van der Waals surface area (Å²) >= 11 is 5.62. The number of benzene rings is 1. The summed E-state index contributed by atoms with van der Waals surface area (Å²) in [5, 5.41) is 10.3. The summed E-state index contributed by atoms with van der Waals surface area (Å²) < 4.78 is 26.9. The first kappa shape index (κ1) is 14.4. The minimum atomic E-state index is -4.05. The molecule has 0 bridgehead atoms. The van der Waals surface area contributed by atoms with Gasteiger partial charge in [0.2, 0.25) is 5.29 Å². The first-order chi connectivity index (χ1) is 8.24. The number of amidine groups is 1. The Hall–Kier alpha value is -1.67. The second kappa shape index (κ2) is 5.32. The van der Waals surface area contributed by atoms with Gasteiger partial charge in [-0.25, -0.2) is 0 Å². The van der Waals surface area contributed by atoms with Crippen LogP contribution in [0.4, 0.5) is 5.69 Å². The van der Waals surface area contributed by atoms with Crippen molar-refractivity contribution in [3.63, 3.8) is 0 Å². The van der Waals surface area contributed by atoms with Gasteiger partial charge in [0.1, 0.15) is 0 Å². The average Bonchev–Trinajstić information content (AvgIpc) is 2.28. The molecule has 0 aliphatic heterocycles. The predicted octanol–water partition coefficient (Wildman–Crippen LogP) is 1.44. The fourth-order valence-corrected chi connectivity index (χ4v) is 2.25. The molecule has 0 heterocycles. The van der Waals surface area contributed by atoms with Gasteiger partial charge in [-0.15, -0.1) is 4.40 Å². The van der Waals surface area contributed by atoms with E-state index in [0.717, 1.165) is 6.07 Å². The van der Waals surface area contributed by atoms with Gasteiger partial charge in [-0.1, -0.05) is 6.07 Å². The molecule has 98 valence electrons. The Morgan fingerprint density at radius 3 is 2.56 bits per heavy atom. The summed E-state index contributed by atoms with van der Waals surface area (Å²) in [5.41, 5.74) is -0.327. The Bertz CT molecular complexity index is 598. The Labute approximate surface area is 109 Å². The second-order valence-corrected chi connectivity index (χ2v) is 5.43. The van der Waals surface area contributed by atoms with Gasteiger partial charge in [0.05, 0.1) is 9.82 Å². The number of hydrogen-bond donors (Lipinski definition) is 0. The van der Waals surface area contributed by atoms with Crippen LogP contribution in [0.3, 0.4) is 0 Å². The average molecular weight is 292 g/mol. The zero-order chi connectivity index (χ0) is 13.9. The summed E-state index contributed by atoms with van der Waals surface area (Å²) in [4.78, 5) is 10.9. The van der Waals surface area contributed by atoms with Crippen LogP contribution in [0.2, 0.25) is 0 Å². The van der Waals surface area contributed by atoms with Crippen molar-refractivity contribution in [1.29, 1.82) is 0 Å². The molecule has 0 N–H and O–H groups in total. The topological polar surface area (TPSA) is 92.9 Å². The van der Waals surface area contributed by atoms with E-state index in [2.05, 4.69) is 4.40 Å². The van der Waals surface area contributed by atoms with Crippen LogP contribution in [0.5, 0.6) is 0 Å². The molecule has 0 aliphatic carbocycles. The zero-order valence-corrected chi connectivity index (χ0v) is 11.1. The lowest BCUT2D eigenvalue weighted by molar-refractivity contribution is -0.385. The third-order valence-corrected chi connectivity index (χ3v) is 3.68. The van der Waals surface area contributed by atoms with E-state index in [4.69, 9.17) is 11.6 Å². The maximum atomic E-state index is 11.8. The minimum Gasteiger partial charge on any atom is -0.352 e. The molecule has 0 saturated carbocycles. The van der Waals surface area contributed by atoms with Crippen LogP contribution in [0.1, 0.15) is 0 Å². The summed E-state index contributed by atoms with van der Waals surface area (Å²) in [7, 11) is -1.01. The summed E-state index contributed by atoms with van der Waals surface area (Å²) in [5.74, 6) is 0. The maximum absolute atomic E-state index is 11.8. The van der Waals surface area contributed by atoms with Crippen molar-refractivity contribution in [3.8, 4) is 0 Å². The third kappa shape index (κ3) is 3.41. The molecule has 0 unspecified atom stereocenters. The molecule has 7 nitrogen and oxygen atoms in total. The lowest BCUT2D eigenvalue weighted by atomic mass is 10.3. The Kier molecular flexibility index (Phi) is 4.25. The van der Waals surface area contributed by atoms with Gasteiger partial charge in [0.15, 0.2) is 0 Å². The normalized spacial score (nSPS) is 12.3. The number of nitrogens with zero attached hydrogens (tertiary/aromatic N) is 3. The Morgan fingerprint density at radius 2 is 2.06 bits per heavy atom. The second-order valence-electron chi connectivity index (χ2n) is 3.48. The van der Waals surface area contributed by atoms with Gasteiger partial charge in [0.25, 0.3) is 15.7 Å². The summed E-state index contributed by atoms with van der Waals surface area (Å²) in [6.07, 6.45) is 0. The van der Waals surface area contributed by atoms with Crippen LogP contribution in [-0.2, 0) is 10.0 Å². The lowest BCUT2D eigenvalue weighted by Crippen LogP contribution is -2.17. The number of hydrogen-bond acceptors (Lipinski definition) is 4. The van der Waals surface area contributed by atoms with Crippen molar-refractivity contribution in [2.24, 2.45) is 4.40 Å².